The van der Waals surface area contributed by atoms with Gasteiger partial charge >= 0.3 is 0 Å². The third kappa shape index (κ3) is 3.91. The predicted octanol–water partition coefficient (Wildman–Crippen LogP) is 3.42. The number of nitrogens with one attached hydrogen (secondary N) is 1. The van der Waals surface area contributed by atoms with Crippen molar-refractivity contribution in [3.05, 3.63) is 71.3 Å². The molecule has 1 unspecified atom stereocenters. The number of aliphatic hydroxyl groups is 1. The SMILES string of the molecule is CCC(NCc1cccc(CO)c1)c1ccccc1. The molecular weight excluding hydrogens is 234 g/mol. The first kappa shape index (κ1) is 13.8. The highest BCUT2D eigenvalue weighted by Crippen LogP contribution is 2.17. The predicted molar refractivity (Wildman–Crippen MR) is 78.7 cm³/mol. The van der Waals surface area contributed by atoms with E-state index in [1.807, 2.05) is 24.3 Å². The van der Waals surface area contributed by atoms with E-state index in [4.69, 9.17) is 5.11 Å². The van der Waals surface area contributed by atoms with Crippen LogP contribution < -0.4 is 5.32 Å². The average Bonchev–Trinajstić information content (AvgIpc) is 2.49. The van der Waals surface area contributed by atoms with Gasteiger partial charge in [-0.1, -0.05) is 61.5 Å². The summed E-state index contributed by atoms with van der Waals surface area (Å²) in [5, 5.41) is 12.7. The molecule has 0 aliphatic carbocycles. The fraction of sp³-hybridized carbons (Fsp3) is 0.294. The maximum Gasteiger partial charge on any atom is 0.0681 e. The van der Waals surface area contributed by atoms with Gasteiger partial charge in [-0.15, -0.1) is 0 Å². The Kier molecular flexibility index (Phi) is 5.13. The summed E-state index contributed by atoms with van der Waals surface area (Å²) in [4.78, 5) is 0. The molecule has 2 aromatic carbocycles. The number of hydrogen-bond acceptors (Lipinski definition) is 2. The number of hydrogen-bond donors (Lipinski definition) is 2. The van der Waals surface area contributed by atoms with Crippen molar-refractivity contribution in [3.8, 4) is 0 Å². The van der Waals surface area contributed by atoms with Crippen LogP contribution in [0.4, 0.5) is 0 Å². The zero-order valence-electron chi connectivity index (χ0n) is 11.3. The second kappa shape index (κ2) is 7.07. The molecule has 19 heavy (non-hydrogen) atoms. The van der Waals surface area contributed by atoms with Crippen LogP contribution >= 0.6 is 0 Å². The Morgan fingerprint density at radius 3 is 2.42 bits per heavy atom. The van der Waals surface area contributed by atoms with E-state index in [0.29, 0.717) is 6.04 Å². The quantitative estimate of drug-likeness (QED) is 0.829. The normalized spacial score (nSPS) is 12.3. The molecule has 100 valence electrons. The third-order valence-corrected chi connectivity index (χ3v) is 3.34. The van der Waals surface area contributed by atoms with Gasteiger partial charge in [-0.3, -0.25) is 0 Å². The minimum atomic E-state index is 0.101. The van der Waals surface area contributed by atoms with Gasteiger partial charge in [0, 0.05) is 12.6 Å². The first-order chi connectivity index (χ1) is 9.33. The molecule has 0 aromatic heterocycles. The molecule has 0 aliphatic heterocycles. The summed E-state index contributed by atoms with van der Waals surface area (Å²) in [6.07, 6.45) is 1.06. The molecule has 0 saturated carbocycles. The van der Waals surface area contributed by atoms with Crippen LogP contribution in [0.15, 0.2) is 54.6 Å². The van der Waals surface area contributed by atoms with Crippen LogP contribution in [-0.2, 0) is 13.2 Å². The van der Waals surface area contributed by atoms with Crippen LogP contribution in [-0.4, -0.2) is 5.11 Å². The Bertz CT molecular complexity index is 496. The lowest BCUT2D eigenvalue weighted by atomic mass is 10.0. The molecule has 2 aromatic rings. The highest BCUT2D eigenvalue weighted by atomic mass is 16.3. The highest BCUT2D eigenvalue weighted by molar-refractivity contribution is 5.24. The molecule has 2 rings (SSSR count). The van der Waals surface area contributed by atoms with E-state index >= 15 is 0 Å². The van der Waals surface area contributed by atoms with Crippen LogP contribution in [0, 0.1) is 0 Å². The smallest absolute Gasteiger partial charge is 0.0681 e. The summed E-state index contributed by atoms with van der Waals surface area (Å²) >= 11 is 0. The maximum atomic E-state index is 9.14. The molecule has 0 heterocycles. The van der Waals surface area contributed by atoms with Crippen LogP contribution in [0.25, 0.3) is 0 Å². The lowest BCUT2D eigenvalue weighted by Crippen LogP contribution is -2.20. The lowest BCUT2D eigenvalue weighted by molar-refractivity contribution is 0.281. The summed E-state index contributed by atoms with van der Waals surface area (Å²) in [5.74, 6) is 0. The fourth-order valence-electron chi connectivity index (χ4n) is 2.26. The van der Waals surface area contributed by atoms with Crippen molar-refractivity contribution in [2.24, 2.45) is 0 Å². The van der Waals surface area contributed by atoms with E-state index in [1.54, 1.807) is 0 Å². The lowest BCUT2D eigenvalue weighted by Gasteiger charge is -2.17. The van der Waals surface area contributed by atoms with Gasteiger partial charge in [-0.05, 0) is 23.1 Å². The van der Waals surface area contributed by atoms with Crippen molar-refractivity contribution in [3.63, 3.8) is 0 Å². The molecule has 0 aliphatic rings. The maximum absolute atomic E-state index is 9.14. The van der Waals surface area contributed by atoms with Gasteiger partial charge in [0.15, 0.2) is 0 Å². The minimum Gasteiger partial charge on any atom is -0.392 e. The average molecular weight is 255 g/mol. The van der Waals surface area contributed by atoms with E-state index in [2.05, 4.69) is 42.6 Å². The molecule has 0 saturated heterocycles. The second-order valence-electron chi connectivity index (χ2n) is 4.73. The Hall–Kier alpha value is -1.64. The Balaban J connectivity index is 2.00. The summed E-state index contributed by atoms with van der Waals surface area (Å²) in [7, 11) is 0. The summed E-state index contributed by atoms with van der Waals surface area (Å²) in [6, 6.07) is 19.0. The molecule has 0 radical (unpaired) electrons. The number of rotatable bonds is 6. The minimum absolute atomic E-state index is 0.101. The monoisotopic (exact) mass is 255 g/mol. The molecule has 2 heteroatoms. The van der Waals surface area contributed by atoms with Crippen molar-refractivity contribution in [2.75, 3.05) is 0 Å². The van der Waals surface area contributed by atoms with Crippen LogP contribution in [0.2, 0.25) is 0 Å². The molecule has 1 atom stereocenters. The standard InChI is InChI=1S/C17H21NO/c1-2-17(16-9-4-3-5-10-16)18-12-14-7-6-8-15(11-14)13-19/h3-11,17-19H,2,12-13H2,1H3. The Labute approximate surface area is 115 Å². The van der Waals surface area contributed by atoms with Crippen molar-refractivity contribution in [2.45, 2.75) is 32.5 Å². The van der Waals surface area contributed by atoms with E-state index in [-0.39, 0.29) is 6.61 Å². The van der Waals surface area contributed by atoms with E-state index in [9.17, 15) is 0 Å². The first-order valence-electron chi connectivity index (χ1n) is 6.80. The first-order valence-corrected chi connectivity index (χ1v) is 6.80. The van der Waals surface area contributed by atoms with E-state index in [0.717, 1.165) is 18.5 Å². The second-order valence-corrected chi connectivity index (χ2v) is 4.73. The summed E-state index contributed by atoms with van der Waals surface area (Å²) in [5.41, 5.74) is 3.50. The van der Waals surface area contributed by atoms with Crippen LogP contribution in [0.1, 0.15) is 36.1 Å². The van der Waals surface area contributed by atoms with Gasteiger partial charge in [-0.2, -0.15) is 0 Å². The van der Waals surface area contributed by atoms with Gasteiger partial charge in [-0.25, -0.2) is 0 Å². The van der Waals surface area contributed by atoms with Gasteiger partial charge in [0.2, 0.25) is 0 Å². The van der Waals surface area contributed by atoms with E-state index in [1.165, 1.54) is 11.1 Å². The number of benzene rings is 2. The van der Waals surface area contributed by atoms with Gasteiger partial charge in [0.25, 0.3) is 0 Å². The van der Waals surface area contributed by atoms with Gasteiger partial charge in [0.1, 0.15) is 0 Å². The van der Waals surface area contributed by atoms with Crippen LogP contribution in [0.3, 0.4) is 0 Å². The Morgan fingerprint density at radius 1 is 1.00 bits per heavy atom. The molecule has 0 spiro atoms. The molecule has 0 bridgehead atoms. The summed E-state index contributed by atoms with van der Waals surface area (Å²) in [6.45, 7) is 3.11. The van der Waals surface area contributed by atoms with Gasteiger partial charge < -0.3 is 10.4 Å². The zero-order valence-corrected chi connectivity index (χ0v) is 11.3. The fourth-order valence-corrected chi connectivity index (χ4v) is 2.26. The topological polar surface area (TPSA) is 32.3 Å². The van der Waals surface area contributed by atoms with Crippen molar-refractivity contribution in [1.29, 1.82) is 0 Å². The molecular formula is C17H21NO. The zero-order chi connectivity index (χ0) is 13.5. The molecule has 0 fully saturated rings. The Morgan fingerprint density at radius 2 is 1.74 bits per heavy atom. The van der Waals surface area contributed by atoms with E-state index < -0.39 is 0 Å². The van der Waals surface area contributed by atoms with Crippen molar-refractivity contribution < 1.29 is 5.11 Å². The molecule has 0 amide bonds. The highest BCUT2D eigenvalue weighted by Gasteiger charge is 2.07. The third-order valence-electron chi connectivity index (χ3n) is 3.34. The summed E-state index contributed by atoms with van der Waals surface area (Å²) < 4.78 is 0. The van der Waals surface area contributed by atoms with Gasteiger partial charge in [0.05, 0.1) is 6.61 Å². The largest absolute Gasteiger partial charge is 0.392 e. The van der Waals surface area contributed by atoms with Crippen LogP contribution in [0.5, 0.6) is 0 Å². The van der Waals surface area contributed by atoms with Crippen molar-refractivity contribution in [1.82, 2.24) is 5.32 Å². The molecule has 2 nitrogen and oxygen atoms in total. The van der Waals surface area contributed by atoms with Crippen molar-refractivity contribution >= 4 is 0 Å². The number of aliphatic hydroxyl groups excluding tert-OH is 1. The molecule has 2 N–H and O–H groups in total.